The molecular weight excluding hydrogens is 230 g/mol. The first-order valence-electron chi connectivity index (χ1n) is 7.98. The van der Waals surface area contributed by atoms with Gasteiger partial charge in [-0.25, -0.2) is 0 Å². The summed E-state index contributed by atoms with van der Waals surface area (Å²) in [6.45, 7) is 7.00. The van der Waals surface area contributed by atoms with Crippen molar-refractivity contribution in [2.24, 2.45) is 17.8 Å². The van der Waals surface area contributed by atoms with Gasteiger partial charge in [-0.3, -0.25) is 0 Å². The summed E-state index contributed by atoms with van der Waals surface area (Å²) in [5.74, 6) is 2.59. The minimum absolute atomic E-state index is 0.596. The van der Waals surface area contributed by atoms with Crippen molar-refractivity contribution in [2.45, 2.75) is 58.5 Å². The summed E-state index contributed by atoms with van der Waals surface area (Å²) < 4.78 is 0. The SMILES string of the molecule is Cc1ccc(C(NC2CCC(C)C2C)C2CC2)cc1. The van der Waals surface area contributed by atoms with Crippen LogP contribution in [0.15, 0.2) is 24.3 Å². The van der Waals surface area contributed by atoms with Crippen molar-refractivity contribution in [1.82, 2.24) is 5.32 Å². The highest BCUT2D eigenvalue weighted by molar-refractivity contribution is 5.25. The average Bonchev–Trinajstić information content (AvgIpc) is 3.19. The van der Waals surface area contributed by atoms with Crippen LogP contribution in [0.5, 0.6) is 0 Å². The molecule has 0 heterocycles. The van der Waals surface area contributed by atoms with Crippen molar-refractivity contribution < 1.29 is 0 Å². The lowest BCUT2D eigenvalue weighted by Crippen LogP contribution is -2.36. The van der Waals surface area contributed by atoms with Gasteiger partial charge in [0.25, 0.3) is 0 Å². The predicted molar refractivity (Wildman–Crippen MR) is 81.1 cm³/mol. The zero-order valence-electron chi connectivity index (χ0n) is 12.5. The molecule has 104 valence electrons. The zero-order valence-corrected chi connectivity index (χ0v) is 12.5. The minimum Gasteiger partial charge on any atom is -0.307 e. The molecule has 2 aliphatic carbocycles. The largest absolute Gasteiger partial charge is 0.307 e. The summed E-state index contributed by atoms with van der Waals surface area (Å²) in [6, 6.07) is 10.5. The van der Waals surface area contributed by atoms with Crippen molar-refractivity contribution in [3.63, 3.8) is 0 Å². The molecule has 4 atom stereocenters. The molecule has 0 saturated heterocycles. The molecule has 1 aromatic carbocycles. The topological polar surface area (TPSA) is 12.0 Å². The van der Waals surface area contributed by atoms with E-state index in [0.717, 1.165) is 23.8 Å². The highest BCUT2D eigenvalue weighted by atomic mass is 15.0. The number of hydrogen-bond donors (Lipinski definition) is 1. The van der Waals surface area contributed by atoms with Gasteiger partial charge in [0.1, 0.15) is 0 Å². The lowest BCUT2D eigenvalue weighted by atomic mass is 9.95. The Morgan fingerprint density at radius 1 is 1.00 bits per heavy atom. The molecule has 1 N–H and O–H groups in total. The molecule has 19 heavy (non-hydrogen) atoms. The summed E-state index contributed by atoms with van der Waals surface area (Å²) >= 11 is 0. The third-order valence-corrected chi connectivity index (χ3v) is 5.39. The van der Waals surface area contributed by atoms with Crippen molar-refractivity contribution >= 4 is 0 Å². The summed E-state index contributed by atoms with van der Waals surface area (Å²) in [4.78, 5) is 0. The molecule has 0 bridgehead atoms. The Morgan fingerprint density at radius 3 is 2.21 bits per heavy atom. The van der Waals surface area contributed by atoms with E-state index in [2.05, 4.69) is 50.4 Å². The van der Waals surface area contributed by atoms with E-state index in [4.69, 9.17) is 0 Å². The smallest absolute Gasteiger partial charge is 0.0351 e. The molecule has 2 aliphatic rings. The van der Waals surface area contributed by atoms with Gasteiger partial charge in [0, 0.05) is 12.1 Å². The molecular formula is C18H27N. The number of aryl methyl sites for hydroxylation is 1. The lowest BCUT2D eigenvalue weighted by molar-refractivity contribution is 0.324. The van der Waals surface area contributed by atoms with Gasteiger partial charge in [-0.2, -0.15) is 0 Å². The van der Waals surface area contributed by atoms with E-state index in [9.17, 15) is 0 Å². The van der Waals surface area contributed by atoms with E-state index in [1.165, 1.54) is 36.8 Å². The molecule has 1 aromatic rings. The fourth-order valence-corrected chi connectivity index (χ4v) is 3.54. The highest BCUT2D eigenvalue weighted by Crippen LogP contribution is 2.43. The third-order valence-electron chi connectivity index (χ3n) is 5.39. The van der Waals surface area contributed by atoms with Crippen molar-refractivity contribution in [3.05, 3.63) is 35.4 Å². The van der Waals surface area contributed by atoms with Gasteiger partial charge < -0.3 is 5.32 Å². The fraction of sp³-hybridized carbons (Fsp3) is 0.667. The molecule has 0 aromatic heterocycles. The number of rotatable bonds is 4. The van der Waals surface area contributed by atoms with Gasteiger partial charge in [-0.15, -0.1) is 0 Å². The Balaban J connectivity index is 1.73. The minimum atomic E-state index is 0.596. The maximum atomic E-state index is 3.99. The Morgan fingerprint density at radius 2 is 1.68 bits per heavy atom. The van der Waals surface area contributed by atoms with E-state index in [1.807, 2.05) is 0 Å². The van der Waals surface area contributed by atoms with Crippen LogP contribution in [0.1, 0.15) is 56.7 Å². The molecule has 1 heteroatoms. The van der Waals surface area contributed by atoms with E-state index < -0.39 is 0 Å². The van der Waals surface area contributed by atoms with Crippen LogP contribution in [0, 0.1) is 24.7 Å². The van der Waals surface area contributed by atoms with Gasteiger partial charge in [-0.05, 0) is 55.9 Å². The van der Waals surface area contributed by atoms with Gasteiger partial charge in [0.2, 0.25) is 0 Å². The van der Waals surface area contributed by atoms with Crippen LogP contribution in [0.4, 0.5) is 0 Å². The summed E-state index contributed by atoms with van der Waals surface area (Å²) in [7, 11) is 0. The zero-order chi connectivity index (χ0) is 13.4. The molecule has 4 unspecified atom stereocenters. The molecule has 0 amide bonds. The second-order valence-electron chi connectivity index (χ2n) is 6.91. The number of benzene rings is 1. The first kappa shape index (κ1) is 13.2. The molecule has 1 nitrogen and oxygen atoms in total. The quantitative estimate of drug-likeness (QED) is 0.839. The van der Waals surface area contributed by atoms with E-state index in [1.54, 1.807) is 0 Å². The predicted octanol–water partition coefficient (Wildman–Crippen LogP) is 4.47. The van der Waals surface area contributed by atoms with Crippen LogP contribution in [-0.2, 0) is 0 Å². The van der Waals surface area contributed by atoms with Crippen LogP contribution in [0.2, 0.25) is 0 Å². The Labute approximate surface area is 117 Å². The number of hydrogen-bond acceptors (Lipinski definition) is 1. The molecule has 2 fully saturated rings. The highest BCUT2D eigenvalue weighted by Gasteiger charge is 2.37. The van der Waals surface area contributed by atoms with Gasteiger partial charge in [0.05, 0.1) is 0 Å². The van der Waals surface area contributed by atoms with Crippen molar-refractivity contribution in [1.29, 1.82) is 0 Å². The van der Waals surface area contributed by atoms with E-state index in [-0.39, 0.29) is 0 Å². The van der Waals surface area contributed by atoms with Gasteiger partial charge in [-0.1, -0.05) is 43.7 Å². The normalized spacial score (nSPS) is 32.5. The molecule has 0 spiro atoms. The van der Waals surface area contributed by atoms with Gasteiger partial charge >= 0.3 is 0 Å². The second-order valence-corrected chi connectivity index (χ2v) is 6.91. The van der Waals surface area contributed by atoms with E-state index >= 15 is 0 Å². The molecule has 2 saturated carbocycles. The molecule has 3 rings (SSSR count). The van der Waals surface area contributed by atoms with Crippen LogP contribution in [-0.4, -0.2) is 6.04 Å². The Bertz CT molecular complexity index is 418. The Hall–Kier alpha value is -0.820. The van der Waals surface area contributed by atoms with Crippen LogP contribution in [0.3, 0.4) is 0 Å². The van der Waals surface area contributed by atoms with Crippen molar-refractivity contribution in [2.75, 3.05) is 0 Å². The first-order valence-corrected chi connectivity index (χ1v) is 7.98. The van der Waals surface area contributed by atoms with Crippen LogP contribution >= 0.6 is 0 Å². The maximum absolute atomic E-state index is 3.99. The van der Waals surface area contributed by atoms with Crippen LogP contribution < -0.4 is 5.32 Å². The summed E-state index contributed by atoms with van der Waals surface area (Å²) in [6.07, 6.45) is 5.56. The van der Waals surface area contributed by atoms with Crippen LogP contribution in [0.25, 0.3) is 0 Å². The summed E-state index contributed by atoms with van der Waals surface area (Å²) in [5, 5.41) is 3.99. The molecule has 0 radical (unpaired) electrons. The average molecular weight is 257 g/mol. The third kappa shape index (κ3) is 2.86. The second kappa shape index (κ2) is 5.28. The van der Waals surface area contributed by atoms with Crippen molar-refractivity contribution in [3.8, 4) is 0 Å². The maximum Gasteiger partial charge on any atom is 0.0351 e. The summed E-state index contributed by atoms with van der Waals surface area (Å²) in [5.41, 5.74) is 2.86. The molecule has 0 aliphatic heterocycles. The fourth-order valence-electron chi connectivity index (χ4n) is 3.54. The number of nitrogens with one attached hydrogen (secondary N) is 1. The van der Waals surface area contributed by atoms with Gasteiger partial charge in [0.15, 0.2) is 0 Å². The monoisotopic (exact) mass is 257 g/mol. The first-order chi connectivity index (χ1) is 9.15. The van der Waals surface area contributed by atoms with E-state index in [0.29, 0.717) is 6.04 Å². The lowest BCUT2D eigenvalue weighted by Gasteiger charge is -2.27. The standard InChI is InChI=1S/C18H27N/c1-12-4-7-15(8-5-12)18(16-9-10-16)19-17-11-6-13(2)14(17)3/h4-5,7-8,13-14,16-19H,6,9-11H2,1-3H3. The Kier molecular flexibility index (Phi) is 3.66.